The molecule has 4 nitrogen and oxygen atoms in total. The molecule has 0 bridgehead atoms. The molecule has 1 N–H and O–H groups in total. The van der Waals surface area contributed by atoms with Gasteiger partial charge in [-0.1, -0.05) is 0 Å². The van der Waals surface area contributed by atoms with E-state index >= 15 is 0 Å². The number of carboxylic acids is 1. The predicted octanol–water partition coefficient (Wildman–Crippen LogP) is 1.67. The average Bonchev–Trinajstić information content (AvgIpc) is 2.30. The highest BCUT2D eigenvalue weighted by Gasteiger charge is 2.17. The van der Waals surface area contributed by atoms with Crippen molar-refractivity contribution in [2.75, 3.05) is 13.2 Å². The summed E-state index contributed by atoms with van der Waals surface area (Å²) >= 11 is 0. The third-order valence-electron chi connectivity index (χ3n) is 2.70. The van der Waals surface area contributed by atoms with Crippen LogP contribution in [0.25, 0.3) is 0 Å². The van der Waals surface area contributed by atoms with E-state index in [0.29, 0.717) is 5.92 Å². The lowest BCUT2D eigenvalue weighted by Crippen LogP contribution is -2.14. The van der Waals surface area contributed by atoms with Gasteiger partial charge < -0.3 is 9.84 Å². The van der Waals surface area contributed by atoms with Crippen LogP contribution in [-0.2, 0) is 4.74 Å². The third kappa shape index (κ3) is 2.33. The minimum absolute atomic E-state index is 0.263. The summed E-state index contributed by atoms with van der Waals surface area (Å²) in [6.45, 7) is 1.50. The zero-order valence-corrected chi connectivity index (χ0v) is 8.35. The zero-order chi connectivity index (χ0) is 10.7. The van der Waals surface area contributed by atoms with Gasteiger partial charge in [-0.15, -0.1) is 0 Å². The van der Waals surface area contributed by atoms with Gasteiger partial charge in [0.1, 0.15) is 0 Å². The molecule has 1 aliphatic rings. The van der Waals surface area contributed by atoms with E-state index in [1.165, 1.54) is 6.20 Å². The molecule has 1 aromatic rings. The SMILES string of the molecule is O=C(O)c1cncc(C2CCOCC2)c1. The number of carbonyl (C=O) groups is 1. The molecule has 1 fully saturated rings. The van der Waals surface area contributed by atoms with Crippen molar-refractivity contribution in [1.82, 2.24) is 4.98 Å². The van der Waals surface area contributed by atoms with Crippen LogP contribution in [0.5, 0.6) is 0 Å². The molecule has 0 atom stereocenters. The number of carboxylic acid groups (broad SMARTS) is 1. The lowest BCUT2D eigenvalue weighted by Gasteiger charge is -2.22. The van der Waals surface area contributed by atoms with Gasteiger partial charge in [-0.25, -0.2) is 4.79 Å². The van der Waals surface area contributed by atoms with E-state index in [0.717, 1.165) is 31.6 Å². The van der Waals surface area contributed by atoms with E-state index in [1.54, 1.807) is 12.3 Å². The van der Waals surface area contributed by atoms with Crippen LogP contribution in [0.4, 0.5) is 0 Å². The van der Waals surface area contributed by atoms with Gasteiger partial charge in [-0.2, -0.15) is 0 Å². The molecule has 2 heterocycles. The van der Waals surface area contributed by atoms with Crippen LogP contribution >= 0.6 is 0 Å². The lowest BCUT2D eigenvalue weighted by molar-refractivity contribution is 0.0696. The number of aromatic nitrogens is 1. The normalized spacial score (nSPS) is 17.6. The summed E-state index contributed by atoms with van der Waals surface area (Å²) in [7, 11) is 0. The summed E-state index contributed by atoms with van der Waals surface area (Å²) in [5, 5.41) is 8.84. The van der Waals surface area contributed by atoms with Crippen LogP contribution in [0.15, 0.2) is 18.5 Å². The Morgan fingerprint density at radius 3 is 2.80 bits per heavy atom. The molecular weight excluding hydrogens is 194 g/mol. The van der Waals surface area contributed by atoms with Crippen LogP contribution in [0.2, 0.25) is 0 Å². The molecule has 15 heavy (non-hydrogen) atoms. The summed E-state index contributed by atoms with van der Waals surface area (Å²) in [6, 6.07) is 1.71. The number of hydrogen-bond acceptors (Lipinski definition) is 3. The first kappa shape index (κ1) is 10.1. The number of rotatable bonds is 2. The van der Waals surface area contributed by atoms with Crippen LogP contribution in [-0.4, -0.2) is 29.3 Å². The van der Waals surface area contributed by atoms with E-state index < -0.39 is 5.97 Å². The first-order chi connectivity index (χ1) is 7.27. The van der Waals surface area contributed by atoms with Crippen LogP contribution < -0.4 is 0 Å². The standard InChI is InChI=1S/C11H13NO3/c13-11(14)10-5-9(6-12-7-10)8-1-3-15-4-2-8/h5-8H,1-4H2,(H,13,14). The van der Waals surface area contributed by atoms with E-state index in [2.05, 4.69) is 4.98 Å². The molecule has 0 aromatic carbocycles. The number of aromatic carboxylic acids is 1. The Bertz CT molecular complexity index is 359. The largest absolute Gasteiger partial charge is 0.478 e. The fourth-order valence-corrected chi connectivity index (χ4v) is 1.83. The minimum Gasteiger partial charge on any atom is -0.478 e. The minimum atomic E-state index is -0.920. The highest BCUT2D eigenvalue weighted by Crippen LogP contribution is 2.26. The first-order valence-electron chi connectivity index (χ1n) is 5.03. The number of hydrogen-bond donors (Lipinski definition) is 1. The Kier molecular flexibility index (Phi) is 2.97. The fourth-order valence-electron chi connectivity index (χ4n) is 1.83. The second kappa shape index (κ2) is 4.40. The molecule has 0 radical (unpaired) electrons. The van der Waals surface area contributed by atoms with Crippen molar-refractivity contribution in [1.29, 1.82) is 0 Å². The number of pyridine rings is 1. The Balaban J connectivity index is 2.19. The maximum absolute atomic E-state index is 10.8. The highest BCUT2D eigenvalue weighted by molar-refractivity contribution is 5.87. The maximum Gasteiger partial charge on any atom is 0.337 e. The quantitative estimate of drug-likeness (QED) is 0.801. The molecule has 0 aliphatic carbocycles. The molecule has 1 saturated heterocycles. The summed E-state index contributed by atoms with van der Waals surface area (Å²) < 4.78 is 5.26. The summed E-state index contributed by atoms with van der Waals surface area (Å²) in [5.74, 6) is -0.526. The van der Waals surface area contributed by atoms with Crippen molar-refractivity contribution in [3.63, 3.8) is 0 Å². The monoisotopic (exact) mass is 207 g/mol. The van der Waals surface area contributed by atoms with Gasteiger partial charge >= 0.3 is 5.97 Å². The van der Waals surface area contributed by atoms with Gasteiger partial charge in [-0.05, 0) is 30.4 Å². The third-order valence-corrected chi connectivity index (χ3v) is 2.70. The van der Waals surface area contributed by atoms with Crippen LogP contribution in [0, 0.1) is 0 Å². The van der Waals surface area contributed by atoms with Crippen molar-refractivity contribution >= 4 is 5.97 Å². The van der Waals surface area contributed by atoms with Crippen molar-refractivity contribution in [2.24, 2.45) is 0 Å². The predicted molar refractivity (Wildman–Crippen MR) is 54.0 cm³/mol. The Hall–Kier alpha value is -1.42. The molecule has 2 rings (SSSR count). The molecule has 1 aliphatic heterocycles. The molecule has 0 amide bonds. The van der Waals surface area contributed by atoms with Crippen molar-refractivity contribution in [2.45, 2.75) is 18.8 Å². The molecule has 4 heteroatoms. The Morgan fingerprint density at radius 2 is 2.13 bits per heavy atom. The van der Waals surface area contributed by atoms with Gasteiger partial charge in [-0.3, -0.25) is 4.98 Å². The van der Waals surface area contributed by atoms with Gasteiger partial charge in [0, 0.05) is 25.6 Å². The van der Waals surface area contributed by atoms with Gasteiger partial charge in [0.05, 0.1) is 5.56 Å². The molecule has 80 valence electrons. The van der Waals surface area contributed by atoms with E-state index in [9.17, 15) is 4.79 Å². The topological polar surface area (TPSA) is 59.4 Å². The number of nitrogens with zero attached hydrogens (tertiary/aromatic N) is 1. The molecule has 0 saturated carbocycles. The maximum atomic E-state index is 10.8. The number of ether oxygens (including phenoxy) is 1. The van der Waals surface area contributed by atoms with Crippen molar-refractivity contribution in [3.8, 4) is 0 Å². The van der Waals surface area contributed by atoms with Crippen molar-refractivity contribution < 1.29 is 14.6 Å². The van der Waals surface area contributed by atoms with E-state index in [1.807, 2.05) is 0 Å². The van der Waals surface area contributed by atoms with Crippen LogP contribution in [0.1, 0.15) is 34.7 Å². The fraction of sp³-hybridized carbons (Fsp3) is 0.455. The molecule has 1 aromatic heterocycles. The first-order valence-corrected chi connectivity index (χ1v) is 5.03. The molecule has 0 spiro atoms. The second-order valence-corrected chi connectivity index (χ2v) is 3.70. The Labute approximate surface area is 87.9 Å². The van der Waals surface area contributed by atoms with Gasteiger partial charge in [0.15, 0.2) is 0 Å². The zero-order valence-electron chi connectivity index (χ0n) is 8.35. The van der Waals surface area contributed by atoms with Gasteiger partial charge in [0.25, 0.3) is 0 Å². The van der Waals surface area contributed by atoms with Gasteiger partial charge in [0.2, 0.25) is 0 Å². The highest BCUT2D eigenvalue weighted by atomic mass is 16.5. The summed E-state index contributed by atoms with van der Waals surface area (Å²) in [4.78, 5) is 14.7. The summed E-state index contributed by atoms with van der Waals surface area (Å²) in [5.41, 5.74) is 1.28. The van der Waals surface area contributed by atoms with E-state index in [4.69, 9.17) is 9.84 Å². The molecule has 0 unspecified atom stereocenters. The second-order valence-electron chi connectivity index (χ2n) is 3.70. The average molecular weight is 207 g/mol. The van der Waals surface area contributed by atoms with Crippen LogP contribution in [0.3, 0.4) is 0 Å². The van der Waals surface area contributed by atoms with Crippen molar-refractivity contribution in [3.05, 3.63) is 29.6 Å². The lowest BCUT2D eigenvalue weighted by atomic mass is 9.92. The smallest absolute Gasteiger partial charge is 0.337 e. The molecular formula is C11H13NO3. The van der Waals surface area contributed by atoms with E-state index in [-0.39, 0.29) is 5.56 Å². The Morgan fingerprint density at radius 1 is 1.40 bits per heavy atom. The summed E-state index contributed by atoms with van der Waals surface area (Å²) in [6.07, 6.45) is 5.03.